The van der Waals surface area contributed by atoms with Crippen LogP contribution < -0.4 is 5.32 Å². The van der Waals surface area contributed by atoms with Crippen molar-refractivity contribution in [2.45, 2.75) is 32.2 Å². The Morgan fingerprint density at radius 3 is 2.59 bits per heavy atom. The van der Waals surface area contributed by atoms with E-state index in [0.717, 1.165) is 28.9 Å². The van der Waals surface area contributed by atoms with Gasteiger partial charge in [-0.15, -0.1) is 0 Å². The smallest absolute Gasteiger partial charge is 0.238 e. The molecule has 1 fully saturated rings. The molecule has 32 heavy (non-hydrogen) atoms. The highest BCUT2D eigenvalue weighted by molar-refractivity contribution is 8.00. The highest BCUT2D eigenvalue weighted by Crippen LogP contribution is 2.24. The quantitative estimate of drug-likeness (QED) is 0.651. The fourth-order valence-electron chi connectivity index (χ4n) is 3.76. The van der Waals surface area contributed by atoms with E-state index in [2.05, 4.69) is 28.2 Å². The molecule has 1 saturated heterocycles. The van der Waals surface area contributed by atoms with Crippen molar-refractivity contribution in [3.05, 3.63) is 52.7 Å². The summed E-state index contributed by atoms with van der Waals surface area (Å²) in [7, 11) is 0. The Kier molecular flexibility index (Phi) is 8.26. The van der Waals surface area contributed by atoms with Gasteiger partial charge in [0.05, 0.1) is 17.9 Å². The van der Waals surface area contributed by atoms with Crippen molar-refractivity contribution < 1.29 is 9.59 Å². The van der Waals surface area contributed by atoms with Gasteiger partial charge in [-0.25, -0.2) is 4.98 Å². The molecule has 0 aliphatic carbocycles. The van der Waals surface area contributed by atoms with Crippen molar-refractivity contribution in [3.63, 3.8) is 0 Å². The first kappa shape index (κ1) is 23.8. The number of carbonyl (C=O) groups excluding carboxylic acids is 2. The molecule has 3 rings (SSSR count). The van der Waals surface area contributed by atoms with Crippen molar-refractivity contribution in [1.29, 1.82) is 5.26 Å². The zero-order valence-corrected chi connectivity index (χ0v) is 19.7. The van der Waals surface area contributed by atoms with Gasteiger partial charge in [-0.05, 0) is 43.5 Å². The van der Waals surface area contributed by atoms with Crippen LogP contribution in [0.4, 0.5) is 5.69 Å². The fraction of sp³-hybridized carbons (Fsp3) is 0.417. The number of thioether (sulfide) groups is 1. The van der Waals surface area contributed by atoms with Crippen LogP contribution in [0.3, 0.4) is 0 Å². The van der Waals surface area contributed by atoms with Crippen molar-refractivity contribution >= 4 is 29.3 Å². The normalized spacial score (nSPS) is 14.1. The molecular formula is C24H29N5O2S. The highest BCUT2D eigenvalue weighted by Gasteiger charge is 2.23. The van der Waals surface area contributed by atoms with E-state index in [0.29, 0.717) is 43.3 Å². The molecule has 0 bridgehead atoms. The van der Waals surface area contributed by atoms with E-state index in [-0.39, 0.29) is 17.6 Å². The Morgan fingerprint density at radius 2 is 1.91 bits per heavy atom. The summed E-state index contributed by atoms with van der Waals surface area (Å²) in [5.41, 5.74) is 4.23. The summed E-state index contributed by atoms with van der Waals surface area (Å²) in [5.74, 6) is 0.241. The lowest BCUT2D eigenvalue weighted by atomic mass is 10.1. The molecule has 2 aromatic rings. The molecule has 2 amide bonds. The summed E-state index contributed by atoms with van der Waals surface area (Å²) in [5, 5.41) is 13.0. The van der Waals surface area contributed by atoms with Gasteiger partial charge in [0.2, 0.25) is 11.8 Å². The Balaban J connectivity index is 1.47. The van der Waals surface area contributed by atoms with Gasteiger partial charge in [0, 0.05) is 37.6 Å². The summed E-state index contributed by atoms with van der Waals surface area (Å²) in [6.45, 7) is 8.64. The molecule has 1 aliphatic heterocycles. The number of anilines is 1. The summed E-state index contributed by atoms with van der Waals surface area (Å²) in [6, 6.07) is 11.9. The Labute approximate surface area is 193 Å². The number of benzene rings is 1. The molecule has 0 atom stereocenters. The molecule has 2 heterocycles. The molecular weight excluding hydrogens is 422 g/mol. The van der Waals surface area contributed by atoms with Crippen LogP contribution in [0.15, 0.2) is 35.4 Å². The summed E-state index contributed by atoms with van der Waals surface area (Å²) < 4.78 is 0. The zero-order chi connectivity index (χ0) is 23.1. The SMILES string of the molecule is CCc1ccccc1NC(=O)CN1CCN(C(=O)CSc2nc(C)cc(C)c2C#N)CC1. The number of piperazine rings is 1. The van der Waals surface area contributed by atoms with E-state index in [1.54, 1.807) is 0 Å². The van der Waals surface area contributed by atoms with Gasteiger partial charge >= 0.3 is 0 Å². The third kappa shape index (κ3) is 6.09. The van der Waals surface area contributed by atoms with Crippen molar-refractivity contribution in [2.75, 3.05) is 43.8 Å². The number of para-hydroxylation sites is 1. The minimum atomic E-state index is -0.0360. The number of aryl methyl sites for hydroxylation is 3. The van der Waals surface area contributed by atoms with Gasteiger partial charge < -0.3 is 10.2 Å². The molecule has 1 aliphatic rings. The molecule has 1 aromatic heterocycles. The first-order valence-corrected chi connectivity index (χ1v) is 11.8. The molecule has 0 spiro atoms. The van der Waals surface area contributed by atoms with E-state index in [4.69, 9.17) is 0 Å². The third-order valence-electron chi connectivity index (χ3n) is 5.52. The maximum atomic E-state index is 12.7. The monoisotopic (exact) mass is 451 g/mol. The number of pyridine rings is 1. The molecule has 0 saturated carbocycles. The van der Waals surface area contributed by atoms with E-state index in [9.17, 15) is 14.9 Å². The number of nitrogens with zero attached hydrogens (tertiary/aromatic N) is 4. The number of carbonyl (C=O) groups is 2. The van der Waals surface area contributed by atoms with Crippen LogP contribution in [-0.4, -0.2) is 65.1 Å². The minimum absolute atomic E-state index is 0.0285. The van der Waals surface area contributed by atoms with Crippen LogP contribution in [0.5, 0.6) is 0 Å². The second-order valence-corrected chi connectivity index (χ2v) is 8.84. The Morgan fingerprint density at radius 1 is 1.19 bits per heavy atom. The predicted octanol–water partition coefficient (Wildman–Crippen LogP) is 3.01. The largest absolute Gasteiger partial charge is 0.339 e. The molecule has 168 valence electrons. The van der Waals surface area contributed by atoms with Crippen molar-refractivity contribution in [3.8, 4) is 6.07 Å². The summed E-state index contributed by atoms with van der Waals surface area (Å²) in [4.78, 5) is 33.5. The van der Waals surface area contributed by atoms with Gasteiger partial charge in [0.1, 0.15) is 11.1 Å². The zero-order valence-electron chi connectivity index (χ0n) is 18.9. The number of rotatable bonds is 7. The number of nitrogens with one attached hydrogen (secondary N) is 1. The number of hydrogen-bond donors (Lipinski definition) is 1. The number of nitriles is 1. The van der Waals surface area contributed by atoms with Gasteiger partial charge in [-0.2, -0.15) is 5.26 Å². The second-order valence-electron chi connectivity index (χ2n) is 7.88. The predicted molar refractivity (Wildman–Crippen MR) is 127 cm³/mol. The van der Waals surface area contributed by atoms with Crippen LogP contribution in [0, 0.1) is 25.2 Å². The fourth-order valence-corrected chi connectivity index (χ4v) is 4.77. The van der Waals surface area contributed by atoms with E-state index >= 15 is 0 Å². The van der Waals surface area contributed by atoms with Crippen LogP contribution in [-0.2, 0) is 16.0 Å². The van der Waals surface area contributed by atoms with Crippen LogP contribution in [0.2, 0.25) is 0 Å². The first-order chi connectivity index (χ1) is 15.4. The van der Waals surface area contributed by atoms with Crippen LogP contribution in [0.25, 0.3) is 0 Å². The molecule has 7 nitrogen and oxygen atoms in total. The number of aromatic nitrogens is 1. The van der Waals surface area contributed by atoms with E-state index < -0.39 is 0 Å². The first-order valence-electron chi connectivity index (χ1n) is 10.8. The lowest BCUT2D eigenvalue weighted by Gasteiger charge is -2.34. The highest BCUT2D eigenvalue weighted by atomic mass is 32.2. The summed E-state index contributed by atoms with van der Waals surface area (Å²) in [6.07, 6.45) is 0.864. The van der Waals surface area contributed by atoms with Crippen LogP contribution >= 0.6 is 11.8 Å². The molecule has 0 unspecified atom stereocenters. The van der Waals surface area contributed by atoms with Crippen molar-refractivity contribution in [1.82, 2.24) is 14.8 Å². The standard InChI is InChI=1S/C24H29N5O2S/c1-4-19-7-5-6-8-21(19)27-22(30)15-28-9-11-29(12-10-28)23(31)16-32-24-20(14-25)17(2)13-18(3)26-24/h5-8,13H,4,9-12,15-16H2,1-3H3,(H,27,30). The average Bonchev–Trinajstić information content (AvgIpc) is 2.78. The average molecular weight is 452 g/mol. The van der Waals surface area contributed by atoms with Crippen LogP contribution in [0.1, 0.15) is 29.3 Å². The van der Waals surface area contributed by atoms with Gasteiger partial charge in [0.25, 0.3) is 0 Å². The van der Waals surface area contributed by atoms with Gasteiger partial charge in [0.15, 0.2) is 0 Å². The molecule has 8 heteroatoms. The molecule has 0 radical (unpaired) electrons. The van der Waals surface area contributed by atoms with Crippen molar-refractivity contribution in [2.24, 2.45) is 0 Å². The molecule has 1 N–H and O–H groups in total. The second kappa shape index (κ2) is 11.1. The van der Waals surface area contributed by atoms with Gasteiger partial charge in [-0.3, -0.25) is 14.5 Å². The topological polar surface area (TPSA) is 89.3 Å². The number of hydrogen-bond acceptors (Lipinski definition) is 6. The third-order valence-corrected chi connectivity index (χ3v) is 6.48. The maximum Gasteiger partial charge on any atom is 0.238 e. The lowest BCUT2D eigenvalue weighted by molar-refractivity contribution is -0.130. The lowest BCUT2D eigenvalue weighted by Crippen LogP contribution is -2.50. The maximum absolute atomic E-state index is 12.7. The van der Waals surface area contributed by atoms with E-state index in [1.807, 2.05) is 49.1 Å². The number of amides is 2. The summed E-state index contributed by atoms with van der Waals surface area (Å²) >= 11 is 1.32. The Hall–Kier alpha value is -2.89. The van der Waals surface area contributed by atoms with Gasteiger partial charge in [-0.1, -0.05) is 36.9 Å². The van der Waals surface area contributed by atoms with E-state index in [1.165, 1.54) is 11.8 Å². The Bertz CT molecular complexity index is 1030. The minimum Gasteiger partial charge on any atom is -0.339 e. The molecule has 1 aromatic carbocycles.